The Balaban J connectivity index is 1.57. The van der Waals surface area contributed by atoms with Gasteiger partial charge in [0.25, 0.3) is 5.91 Å². The van der Waals surface area contributed by atoms with E-state index in [1.54, 1.807) is 40.1 Å². The third-order valence-corrected chi connectivity index (χ3v) is 4.97. The van der Waals surface area contributed by atoms with Crippen LogP contribution in [-0.2, 0) is 14.4 Å². The molecule has 1 atom stereocenters. The monoisotopic (exact) mass is 379 g/mol. The van der Waals surface area contributed by atoms with Crippen LogP contribution in [0.5, 0.6) is 5.75 Å². The van der Waals surface area contributed by atoms with Gasteiger partial charge in [-0.2, -0.15) is 0 Å². The normalized spacial score (nSPS) is 18.5. The molecule has 1 fully saturated rings. The number of para-hydroxylation sites is 4. The van der Waals surface area contributed by atoms with Crippen molar-refractivity contribution in [2.24, 2.45) is 0 Å². The summed E-state index contributed by atoms with van der Waals surface area (Å²) in [6.45, 7) is 2.23. The number of fused-ring (bicyclic) bond motifs is 1. The fraction of sp³-hybridized carbons (Fsp3) is 0.286. The Labute approximate surface area is 162 Å². The second-order valence-corrected chi connectivity index (χ2v) is 6.86. The van der Waals surface area contributed by atoms with E-state index in [2.05, 4.69) is 5.32 Å². The minimum Gasteiger partial charge on any atom is -0.476 e. The van der Waals surface area contributed by atoms with Crippen molar-refractivity contribution in [3.05, 3.63) is 48.5 Å². The Kier molecular flexibility index (Phi) is 4.73. The van der Waals surface area contributed by atoms with Crippen LogP contribution < -0.4 is 19.9 Å². The third kappa shape index (κ3) is 3.31. The molecule has 1 N–H and O–H groups in total. The molecule has 2 aromatic carbocycles. The van der Waals surface area contributed by atoms with E-state index in [0.717, 1.165) is 6.42 Å². The van der Waals surface area contributed by atoms with Crippen LogP contribution in [0.3, 0.4) is 0 Å². The second-order valence-electron chi connectivity index (χ2n) is 6.86. The quantitative estimate of drug-likeness (QED) is 0.889. The first-order valence-corrected chi connectivity index (χ1v) is 9.28. The lowest BCUT2D eigenvalue weighted by Gasteiger charge is -2.33. The molecular formula is C21H21N3O4. The summed E-state index contributed by atoms with van der Waals surface area (Å²) in [6, 6.07) is 14.4. The molecule has 0 saturated carbocycles. The number of nitrogens with one attached hydrogen (secondary N) is 1. The first-order chi connectivity index (χ1) is 13.5. The number of rotatable bonds is 3. The van der Waals surface area contributed by atoms with Gasteiger partial charge in [-0.15, -0.1) is 0 Å². The summed E-state index contributed by atoms with van der Waals surface area (Å²) in [5, 5.41) is 2.87. The Hall–Kier alpha value is -3.35. The molecule has 1 saturated heterocycles. The average Bonchev–Trinajstić information content (AvgIpc) is 3.13. The van der Waals surface area contributed by atoms with Gasteiger partial charge < -0.3 is 19.9 Å². The van der Waals surface area contributed by atoms with Gasteiger partial charge in [0.2, 0.25) is 11.8 Å². The highest BCUT2D eigenvalue weighted by Crippen LogP contribution is 2.34. The van der Waals surface area contributed by atoms with Gasteiger partial charge in [0, 0.05) is 19.9 Å². The predicted molar refractivity (Wildman–Crippen MR) is 106 cm³/mol. The molecule has 144 valence electrons. The summed E-state index contributed by atoms with van der Waals surface area (Å²) >= 11 is 0. The zero-order valence-electron chi connectivity index (χ0n) is 15.6. The van der Waals surface area contributed by atoms with Crippen molar-refractivity contribution in [1.82, 2.24) is 0 Å². The lowest BCUT2D eigenvalue weighted by Crippen LogP contribution is -2.48. The molecule has 0 bridgehead atoms. The number of amides is 3. The van der Waals surface area contributed by atoms with Crippen LogP contribution in [0.15, 0.2) is 48.5 Å². The van der Waals surface area contributed by atoms with E-state index in [9.17, 15) is 14.4 Å². The van der Waals surface area contributed by atoms with Gasteiger partial charge in [0.15, 0.2) is 6.10 Å². The van der Waals surface area contributed by atoms with Crippen molar-refractivity contribution in [2.75, 3.05) is 28.2 Å². The summed E-state index contributed by atoms with van der Waals surface area (Å²) in [4.78, 5) is 40.3. The maximum absolute atomic E-state index is 12.9. The van der Waals surface area contributed by atoms with Crippen LogP contribution in [0.25, 0.3) is 0 Å². The first kappa shape index (κ1) is 18.0. The third-order valence-electron chi connectivity index (χ3n) is 4.97. The van der Waals surface area contributed by atoms with Crippen LogP contribution in [0, 0.1) is 0 Å². The van der Waals surface area contributed by atoms with E-state index in [1.807, 2.05) is 18.2 Å². The number of benzene rings is 2. The fourth-order valence-electron chi connectivity index (χ4n) is 3.60. The van der Waals surface area contributed by atoms with Gasteiger partial charge >= 0.3 is 0 Å². The number of ether oxygens (including phenoxy) is 1. The second kappa shape index (κ2) is 7.34. The van der Waals surface area contributed by atoms with Gasteiger partial charge in [0.1, 0.15) is 5.75 Å². The van der Waals surface area contributed by atoms with Crippen LogP contribution >= 0.6 is 0 Å². The molecule has 0 spiro atoms. The highest BCUT2D eigenvalue weighted by atomic mass is 16.5. The van der Waals surface area contributed by atoms with Crippen molar-refractivity contribution in [3.63, 3.8) is 0 Å². The minimum absolute atomic E-state index is 0.0484. The van der Waals surface area contributed by atoms with Crippen LogP contribution in [0.2, 0.25) is 0 Å². The van der Waals surface area contributed by atoms with E-state index in [0.29, 0.717) is 35.8 Å². The van der Waals surface area contributed by atoms with E-state index in [-0.39, 0.29) is 24.3 Å². The molecule has 28 heavy (non-hydrogen) atoms. The number of carbonyl (C=O) groups is 3. The summed E-state index contributed by atoms with van der Waals surface area (Å²) in [7, 11) is 0. The first-order valence-electron chi connectivity index (χ1n) is 9.28. The van der Waals surface area contributed by atoms with Crippen LogP contribution in [0.4, 0.5) is 17.1 Å². The van der Waals surface area contributed by atoms with Gasteiger partial charge in [-0.25, -0.2) is 0 Å². The zero-order chi connectivity index (χ0) is 19.7. The number of anilines is 3. The fourth-order valence-corrected chi connectivity index (χ4v) is 3.60. The average molecular weight is 379 g/mol. The largest absolute Gasteiger partial charge is 0.476 e. The Morgan fingerprint density at radius 2 is 1.79 bits per heavy atom. The SMILES string of the molecule is CC(=O)N1CC(C(=O)Nc2ccccc2N2CCCC2=O)Oc2ccccc21. The molecule has 2 aliphatic heterocycles. The van der Waals surface area contributed by atoms with Gasteiger partial charge in [-0.05, 0) is 30.7 Å². The zero-order valence-corrected chi connectivity index (χ0v) is 15.6. The van der Waals surface area contributed by atoms with Gasteiger partial charge in [-0.1, -0.05) is 24.3 Å². The lowest BCUT2D eigenvalue weighted by atomic mass is 10.1. The molecular weight excluding hydrogens is 358 g/mol. The highest BCUT2D eigenvalue weighted by Gasteiger charge is 2.33. The van der Waals surface area contributed by atoms with Gasteiger partial charge in [0.05, 0.1) is 23.6 Å². The summed E-state index contributed by atoms with van der Waals surface area (Å²) < 4.78 is 5.85. The van der Waals surface area contributed by atoms with Crippen LogP contribution in [0.1, 0.15) is 19.8 Å². The number of hydrogen-bond acceptors (Lipinski definition) is 4. The van der Waals surface area contributed by atoms with E-state index in [4.69, 9.17) is 4.74 Å². The maximum Gasteiger partial charge on any atom is 0.267 e. The molecule has 0 aromatic heterocycles. The Morgan fingerprint density at radius 3 is 2.50 bits per heavy atom. The van der Waals surface area contributed by atoms with Gasteiger partial charge in [-0.3, -0.25) is 14.4 Å². The molecule has 7 nitrogen and oxygen atoms in total. The minimum atomic E-state index is -0.846. The molecule has 3 amide bonds. The topological polar surface area (TPSA) is 79.0 Å². The molecule has 1 unspecified atom stereocenters. The molecule has 4 rings (SSSR count). The van der Waals surface area contributed by atoms with Crippen molar-refractivity contribution in [2.45, 2.75) is 25.9 Å². The van der Waals surface area contributed by atoms with Crippen molar-refractivity contribution in [3.8, 4) is 5.75 Å². The molecule has 2 aliphatic rings. The predicted octanol–water partition coefficient (Wildman–Crippen LogP) is 2.57. The van der Waals surface area contributed by atoms with Crippen molar-refractivity contribution >= 4 is 34.8 Å². The summed E-state index contributed by atoms with van der Waals surface area (Å²) in [6.07, 6.45) is 0.469. The molecule has 2 aromatic rings. The maximum atomic E-state index is 12.9. The highest BCUT2D eigenvalue weighted by molar-refractivity contribution is 6.04. The molecule has 2 heterocycles. The summed E-state index contributed by atoms with van der Waals surface area (Å²) in [5.74, 6) is 0.0239. The molecule has 7 heteroatoms. The van der Waals surface area contributed by atoms with Crippen molar-refractivity contribution < 1.29 is 19.1 Å². The Morgan fingerprint density at radius 1 is 1.07 bits per heavy atom. The number of carbonyl (C=O) groups excluding carboxylic acids is 3. The number of hydrogen-bond donors (Lipinski definition) is 1. The number of nitrogens with zero attached hydrogens (tertiary/aromatic N) is 2. The lowest BCUT2D eigenvalue weighted by molar-refractivity contribution is -0.123. The van der Waals surface area contributed by atoms with Crippen molar-refractivity contribution in [1.29, 1.82) is 0 Å². The Bertz CT molecular complexity index is 943. The van der Waals surface area contributed by atoms with E-state index < -0.39 is 6.10 Å². The standard InChI is InChI=1S/C21H21N3O4/c1-14(25)24-13-19(28-18-10-5-4-9-17(18)24)21(27)22-15-7-2-3-8-16(15)23-12-6-11-20(23)26/h2-5,7-10,19H,6,11-13H2,1H3,(H,22,27). The smallest absolute Gasteiger partial charge is 0.267 e. The van der Waals surface area contributed by atoms with E-state index >= 15 is 0 Å². The van der Waals surface area contributed by atoms with Crippen LogP contribution in [-0.4, -0.2) is 36.9 Å². The summed E-state index contributed by atoms with van der Waals surface area (Å²) in [5.41, 5.74) is 1.89. The van der Waals surface area contributed by atoms with E-state index in [1.165, 1.54) is 6.92 Å². The molecule has 0 aliphatic carbocycles. The molecule has 0 radical (unpaired) electrons.